The van der Waals surface area contributed by atoms with Gasteiger partial charge in [-0.3, -0.25) is 0 Å². The molecule has 2 nitrogen and oxygen atoms in total. The molecular formula is C17H14O2. The zero-order chi connectivity index (χ0) is 13.1. The summed E-state index contributed by atoms with van der Waals surface area (Å²) < 4.78 is 5.53. The van der Waals surface area contributed by atoms with Crippen LogP contribution in [0, 0.1) is 0 Å². The monoisotopic (exact) mass is 250 g/mol. The molecule has 94 valence electrons. The Hall–Kier alpha value is -2.35. The van der Waals surface area contributed by atoms with Gasteiger partial charge in [0, 0.05) is 5.56 Å². The summed E-state index contributed by atoms with van der Waals surface area (Å²) in [6, 6.07) is 17.1. The SMILES string of the molecule is O=C(OC1=CCCc2ccccc21)c1ccccc1. The van der Waals surface area contributed by atoms with Crippen LogP contribution in [0.25, 0.3) is 5.76 Å². The Balaban J connectivity index is 1.85. The first-order valence-electron chi connectivity index (χ1n) is 6.40. The van der Waals surface area contributed by atoms with Crippen molar-refractivity contribution in [1.29, 1.82) is 0 Å². The van der Waals surface area contributed by atoms with E-state index in [1.165, 1.54) is 5.56 Å². The molecule has 1 aliphatic rings. The molecule has 0 aromatic heterocycles. The number of rotatable bonds is 2. The summed E-state index contributed by atoms with van der Waals surface area (Å²) in [6.07, 6.45) is 3.90. The number of hydrogen-bond donors (Lipinski definition) is 0. The predicted octanol–water partition coefficient (Wildman–Crippen LogP) is 3.83. The van der Waals surface area contributed by atoms with Gasteiger partial charge in [-0.2, -0.15) is 0 Å². The highest BCUT2D eigenvalue weighted by molar-refractivity contribution is 5.93. The summed E-state index contributed by atoms with van der Waals surface area (Å²) in [5.74, 6) is 0.374. The van der Waals surface area contributed by atoms with E-state index in [1.807, 2.05) is 42.5 Å². The maximum atomic E-state index is 12.1. The number of benzene rings is 2. The molecule has 0 saturated heterocycles. The van der Waals surface area contributed by atoms with Crippen LogP contribution in [-0.4, -0.2) is 5.97 Å². The van der Waals surface area contributed by atoms with Gasteiger partial charge in [0.25, 0.3) is 0 Å². The highest BCUT2D eigenvalue weighted by Gasteiger charge is 2.16. The van der Waals surface area contributed by atoms with Crippen LogP contribution in [0.1, 0.15) is 27.9 Å². The molecule has 0 spiro atoms. The average Bonchev–Trinajstić information content (AvgIpc) is 2.48. The number of allylic oxidation sites excluding steroid dienone is 1. The number of fused-ring (bicyclic) bond motifs is 1. The van der Waals surface area contributed by atoms with Crippen molar-refractivity contribution in [3.63, 3.8) is 0 Å². The Kier molecular flexibility index (Phi) is 3.15. The molecule has 2 aromatic carbocycles. The zero-order valence-electron chi connectivity index (χ0n) is 10.5. The number of ether oxygens (including phenoxy) is 1. The summed E-state index contributed by atoms with van der Waals surface area (Å²) in [4.78, 5) is 12.1. The van der Waals surface area contributed by atoms with Gasteiger partial charge in [0.05, 0.1) is 5.56 Å². The summed E-state index contributed by atoms with van der Waals surface area (Å²) in [7, 11) is 0. The Bertz CT molecular complexity index is 627. The van der Waals surface area contributed by atoms with Crippen molar-refractivity contribution in [3.8, 4) is 0 Å². The first kappa shape index (κ1) is 11.7. The standard InChI is InChI=1S/C17H14O2/c18-17(14-8-2-1-3-9-14)19-16-12-6-10-13-7-4-5-11-15(13)16/h1-5,7-9,11-12H,6,10H2. The van der Waals surface area contributed by atoms with Gasteiger partial charge >= 0.3 is 5.97 Å². The molecule has 2 aromatic rings. The van der Waals surface area contributed by atoms with E-state index in [2.05, 4.69) is 6.07 Å². The highest BCUT2D eigenvalue weighted by atomic mass is 16.5. The van der Waals surface area contributed by atoms with Gasteiger partial charge in [0.15, 0.2) is 0 Å². The van der Waals surface area contributed by atoms with Gasteiger partial charge < -0.3 is 4.74 Å². The highest BCUT2D eigenvalue weighted by Crippen LogP contribution is 2.27. The van der Waals surface area contributed by atoms with E-state index >= 15 is 0 Å². The van der Waals surface area contributed by atoms with Crippen LogP contribution in [0.3, 0.4) is 0 Å². The third-order valence-corrected chi connectivity index (χ3v) is 3.24. The van der Waals surface area contributed by atoms with E-state index in [0.29, 0.717) is 11.3 Å². The van der Waals surface area contributed by atoms with Crippen molar-refractivity contribution in [2.75, 3.05) is 0 Å². The Labute approximate surface area is 112 Å². The van der Waals surface area contributed by atoms with E-state index in [4.69, 9.17) is 4.74 Å². The number of hydrogen-bond acceptors (Lipinski definition) is 2. The largest absolute Gasteiger partial charge is 0.423 e. The molecule has 0 fully saturated rings. The first-order valence-corrected chi connectivity index (χ1v) is 6.40. The first-order chi connectivity index (χ1) is 9.34. The molecule has 0 bridgehead atoms. The van der Waals surface area contributed by atoms with E-state index in [1.54, 1.807) is 12.1 Å². The van der Waals surface area contributed by atoms with E-state index in [-0.39, 0.29) is 5.97 Å². The lowest BCUT2D eigenvalue weighted by Crippen LogP contribution is -2.08. The molecule has 0 aliphatic heterocycles. The summed E-state index contributed by atoms with van der Waals surface area (Å²) >= 11 is 0. The molecule has 0 atom stereocenters. The van der Waals surface area contributed by atoms with Crippen LogP contribution in [0.5, 0.6) is 0 Å². The molecular weight excluding hydrogens is 236 g/mol. The zero-order valence-corrected chi connectivity index (χ0v) is 10.5. The topological polar surface area (TPSA) is 26.3 Å². The van der Waals surface area contributed by atoms with Gasteiger partial charge in [0.1, 0.15) is 5.76 Å². The van der Waals surface area contributed by atoms with Crippen molar-refractivity contribution in [2.45, 2.75) is 12.8 Å². The van der Waals surface area contributed by atoms with Crippen molar-refractivity contribution >= 4 is 11.7 Å². The molecule has 0 N–H and O–H groups in total. The van der Waals surface area contributed by atoms with Crippen LogP contribution in [0.15, 0.2) is 60.7 Å². The van der Waals surface area contributed by atoms with Gasteiger partial charge in [-0.05, 0) is 36.6 Å². The maximum Gasteiger partial charge on any atom is 0.343 e. The Morgan fingerprint density at radius 1 is 0.947 bits per heavy atom. The van der Waals surface area contributed by atoms with Crippen molar-refractivity contribution < 1.29 is 9.53 Å². The minimum absolute atomic E-state index is 0.302. The van der Waals surface area contributed by atoms with E-state index < -0.39 is 0 Å². The maximum absolute atomic E-state index is 12.1. The van der Waals surface area contributed by atoms with Gasteiger partial charge in [-0.25, -0.2) is 4.79 Å². The normalized spacial score (nSPS) is 13.4. The minimum atomic E-state index is -0.302. The van der Waals surface area contributed by atoms with Crippen molar-refractivity contribution in [2.24, 2.45) is 0 Å². The Morgan fingerprint density at radius 3 is 2.53 bits per heavy atom. The van der Waals surface area contributed by atoms with Crippen LogP contribution in [-0.2, 0) is 11.2 Å². The number of aryl methyl sites for hydroxylation is 1. The number of carbonyl (C=O) groups is 1. The van der Waals surface area contributed by atoms with Gasteiger partial charge in [0.2, 0.25) is 0 Å². The van der Waals surface area contributed by atoms with Crippen molar-refractivity contribution in [1.82, 2.24) is 0 Å². The molecule has 0 radical (unpaired) electrons. The fourth-order valence-corrected chi connectivity index (χ4v) is 2.28. The molecule has 3 rings (SSSR count). The smallest absolute Gasteiger partial charge is 0.343 e. The molecule has 2 heteroatoms. The molecule has 1 aliphatic carbocycles. The summed E-state index contributed by atoms with van der Waals surface area (Å²) in [6.45, 7) is 0. The second-order valence-electron chi connectivity index (χ2n) is 4.52. The lowest BCUT2D eigenvalue weighted by Gasteiger charge is -2.17. The number of carbonyl (C=O) groups excluding carboxylic acids is 1. The van der Waals surface area contributed by atoms with Crippen LogP contribution in [0.4, 0.5) is 0 Å². The van der Waals surface area contributed by atoms with Crippen LogP contribution < -0.4 is 0 Å². The second kappa shape index (κ2) is 5.11. The van der Waals surface area contributed by atoms with Crippen molar-refractivity contribution in [3.05, 3.63) is 77.4 Å². The lowest BCUT2D eigenvalue weighted by molar-refractivity contribution is 0.0691. The molecule has 0 amide bonds. The predicted molar refractivity (Wildman–Crippen MR) is 74.6 cm³/mol. The fourth-order valence-electron chi connectivity index (χ4n) is 2.28. The molecule has 0 saturated carbocycles. The minimum Gasteiger partial charge on any atom is -0.423 e. The molecule has 19 heavy (non-hydrogen) atoms. The quantitative estimate of drug-likeness (QED) is 0.757. The van der Waals surface area contributed by atoms with Gasteiger partial charge in [-0.15, -0.1) is 0 Å². The van der Waals surface area contributed by atoms with Gasteiger partial charge in [-0.1, -0.05) is 42.5 Å². The third-order valence-electron chi connectivity index (χ3n) is 3.24. The molecule has 0 unspecified atom stereocenters. The van der Waals surface area contributed by atoms with Crippen LogP contribution in [0.2, 0.25) is 0 Å². The third kappa shape index (κ3) is 2.43. The van der Waals surface area contributed by atoms with E-state index in [0.717, 1.165) is 18.4 Å². The summed E-state index contributed by atoms with van der Waals surface area (Å²) in [5, 5.41) is 0. The summed E-state index contributed by atoms with van der Waals surface area (Å²) in [5.41, 5.74) is 2.84. The van der Waals surface area contributed by atoms with E-state index in [9.17, 15) is 4.79 Å². The fraction of sp³-hybridized carbons (Fsp3) is 0.118. The average molecular weight is 250 g/mol. The lowest BCUT2D eigenvalue weighted by atomic mass is 9.96. The number of esters is 1. The molecule has 0 heterocycles. The Morgan fingerprint density at radius 2 is 1.68 bits per heavy atom. The van der Waals surface area contributed by atoms with Crippen LogP contribution >= 0.6 is 0 Å². The second-order valence-corrected chi connectivity index (χ2v) is 4.52.